The van der Waals surface area contributed by atoms with Gasteiger partial charge in [0, 0.05) is 25.7 Å². The monoisotopic (exact) mass is 1320 g/mol. The van der Waals surface area contributed by atoms with Crippen molar-refractivity contribution in [1.82, 2.24) is 0 Å². The van der Waals surface area contributed by atoms with Crippen molar-refractivity contribution in [2.75, 3.05) is 39.6 Å². The van der Waals surface area contributed by atoms with E-state index < -0.39 is 97.5 Å². The summed E-state index contributed by atoms with van der Waals surface area (Å²) in [5, 5.41) is 10.6. The summed E-state index contributed by atoms with van der Waals surface area (Å²) in [7, 11) is -9.89. The van der Waals surface area contributed by atoms with Gasteiger partial charge in [-0.3, -0.25) is 37.3 Å². The van der Waals surface area contributed by atoms with Gasteiger partial charge in [0.25, 0.3) is 0 Å². The summed E-state index contributed by atoms with van der Waals surface area (Å²) < 4.78 is 68.2. The molecule has 90 heavy (non-hydrogen) atoms. The molecule has 0 rings (SSSR count). The molecule has 534 valence electrons. The van der Waals surface area contributed by atoms with Crippen molar-refractivity contribution in [3.05, 3.63) is 0 Å². The van der Waals surface area contributed by atoms with Crippen LogP contribution in [0.3, 0.4) is 0 Å². The van der Waals surface area contributed by atoms with Gasteiger partial charge in [0.15, 0.2) is 12.2 Å². The van der Waals surface area contributed by atoms with Crippen LogP contribution in [0, 0.1) is 0 Å². The van der Waals surface area contributed by atoms with Gasteiger partial charge in [-0.2, -0.15) is 0 Å². The Balaban J connectivity index is 5.16. The molecule has 0 saturated carbocycles. The second-order valence-corrected chi connectivity index (χ2v) is 28.5. The molecule has 0 aliphatic rings. The van der Waals surface area contributed by atoms with Crippen molar-refractivity contribution in [3.8, 4) is 0 Å². The van der Waals surface area contributed by atoms with Gasteiger partial charge in [0.2, 0.25) is 0 Å². The number of aliphatic hydroxyl groups is 1. The smallest absolute Gasteiger partial charge is 0.462 e. The van der Waals surface area contributed by atoms with E-state index in [0.717, 1.165) is 103 Å². The standard InChI is InChI=1S/C71H138O17P2/c1-5-9-13-17-21-25-27-29-31-32-33-34-36-38-40-42-46-50-54-58-71(76)88-67(62-82-69(74)56-52-48-45-41-39-37-35-30-28-26-22-18-14-10-6-2)64-86-90(79,80)84-60-65(72)59-83-89(77,78)85-63-66(87-70(75)57-53-49-44-24-20-16-12-8-4)61-81-68(73)55-51-47-43-23-19-15-11-7-3/h65-67,72H,5-64H2,1-4H3,(H,77,78)(H,79,80)/t65-,66+,67+/m0/s1. The lowest BCUT2D eigenvalue weighted by atomic mass is 10.0. The van der Waals surface area contributed by atoms with E-state index in [1.807, 2.05) is 0 Å². The number of phosphoric acid groups is 2. The molecule has 3 N–H and O–H groups in total. The quantitative estimate of drug-likeness (QED) is 0.0222. The highest BCUT2D eigenvalue weighted by Crippen LogP contribution is 2.45. The Labute approximate surface area is 549 Å². The highest BCUT2D eigenvalue weighted by Gasteiger charge is 2.30. The predicted octanol–water partition coefficient (Wildman–Crippen LogP) is 20.7. The second-order valence-electron chi connectivity index (χ2n) is 25.6. The zero-order valence-electron chi connectivity index (χ0n) is 58.1. The lowest BCUT2D eigenvalue weighted by Gasteiger charge is -2.21. The maximum atomic E-state index is 13.0. The van der Waals surface area contributed by atoms with E-state index in [4.69, 9.17) is 37.0 Å². The normalized spacial score (nSPS) is 14.0. The number of rotatable bonds is 72. The van der Waals surface area contributed by atoms with Gasteiger partial charge in [-0.05, 0) is 25.7 Å². The number of carbonyl (C=O) groups is 4. The molecule has 19 heteroatoms. The topological polar surface area (TPSA) is 237 Å². The van der Waals surface area contributed by atoms with Crippen molar-refractivity contribution < 1.29 is 80.2 Å². The summed E-state index contributed by atoms with van der Waals surface area (Å²) >= 11 is 0. The number of unbranched alkanes of at least 4 members (excludes halogenated alkanes) is 46. The minimum atomic E-state index is -4.95. The van der Waals surface area contributed by atoms with Gasteiger partial charge < -0.3 is 33.8 Å². The van der Waals surface area contributed by atoms with Crippen molar-refractivity contribution in [2.45, 2.75) is 393 Å². The van der Waals surface area contributed by atoms with E-state index in [2.05, 4.69) is 27.7 Å². The van der Waals surface area contributed by atoms with Crippen LogP contribution < -0.4 is 0 Å². The third-order valence-electron chi connectivity index (χ3n) is 16.6. The number of aliphatic hydroxyl groups excluding tert-OH is 1. The van der Waals surface area contributed by atoms with Gasteiger partial charge in [-0.25, -0.2) is 9.13 Å². The first-order valence-corrected chi connectivity index (χ1v) is 40.3. The molecule has 0 heterocycles. The Bertz CT molecular complexity index is 1720. The average Bonchev–Trinajstić information content (AvgIpc) is 3.66. The molecule has 0 aliphatic carbocycles. The number of ether oxygens (including phenoxy) is 4. The molecule has 0 bridgehead atoms. The van der Waals surface area contributed by atoms with Gasteiger partial charge in [-0.15, -0.1) is 0 Å². The second kappa shape index (κ2) is 65.7. The first kappa shape index (κ1) is 88.1. The van der Waals surface area contributed by atoms with Crippen LogP contribution in [0.1, 0.15) is 374 Å². The maximum Gasteiger partial charge on any atom is 0.472 e. The van der Waals surface area contributed by atoms with E-state index in [9.17, 15) is 43.2 Å². The van der Waals surface area contributed by atoms with Crippen molar-refractivity contribution in [1.29, 1.82) is 0 Å². The fourth-order valence-corrected chi connectivity index (χ4v) is 12.4. The highest BCUT2D eigenvalue weighted by atomic mass is 31.2. The molecular formula is C71H138O17P2. The molecule has 0 saturated heterocycles. The number of esters is 4. The molecule has 2 unspecified atom stereocenters. The summed E-state index contributed by atoms with van der Waals surface area (Å²) in [5.74, 6) is -2.12. The Kier molecular flexibility index (Phi) is 64.3. The van der Waals surface area contributed by atoms with E-state index in [1.165, 1.54) is 193 Å². The SMILES string of the molecule is CCCCCCCCCCCCCCCCCCCCCC(=O)O[C@H](COC(=O)CCCCCCCCCCCCCCCCC)COP(=O)(O)OC[C@@H](O)COP(=O)(O)OC[C@@H](COC(=O)CCCCCCCCCC)OC(=O)CCCCCCCCCC. The molecule has 0 aliphatic heterocycles. The maximum absolute atomic E-state index is 13.0. The summed E-state index contributed by atoms with van der Waals surface area (Å²) in [6.07, 6.45) is 54.3. The van der Waals surface area contributed by atoms with E-state index in [1.54, 1.807) is 0 Å². The van der Waals surface area contributed by atoms with E-state index in [0.29, 0.717) is 25.7 Å². The van der Waals surface area contributed by atoms with E-state index in [-0.39, 0.29) is 25.7 Å². The fourth-order valence-electron chi connectivity index (χ4n) is 10.9. The Morgan fingerprint density at radius 3 is 0.656 bits per heavy atom. The fraction of sp³-hybridized carbons (Fsp3) is 0.944. The Morgan fingerprint density at radius 1 is 0.267 bits per heavy atom. The van der Waals surface area contributed by atoms with Gasteiger partial charge in [-0.1, -0.05) is 323 Å². The highest BCUT2D eigenvalue weighted by molar-refractivity contribution is 7.47. The average molecular weight is 1330 g/mol. The Morgan fingerprint density at radius 2 is 0.444 bits per heavy atom. The third-order valence-corrected chi connectivity index (χ3v) is 18.5. The van der Waals surface area contributed by atoms with Crippen LogP contribution in [-0.2, 0) is 65.4 Å². The molecule has 0 amide bonds. The minimum Gasteiger partial charge on any atom is -0.462 e. The van der Waals surface area contributed by atoms with E-state index >= 15 is 0 Å². The molecule has 0 aromatic heterocycles. The number of phosphoric ester groups is 2. The van der Waals surface area contributed by atoms with Crippen molar-refractivity contribution in [3.63, 3.8) is 0 Å². The first-order chi connectivity index (χ1) is 43.7. The molecule has 5 atom stereocenters. The van der Waals surface area contributed by atoms with Crippen LogP contribution in [0.2, 0.25) is 0 Å². The predicted molar refractivity (Wildman–Crippen MR) is 363 cm³/mol. The zero-order valence-corrected chi connectivity index (χ0v) is 59.9. The molecule has 0 spiro atoms. The van der Waals surface area contributed by atoms with Crippen molar-refractivity contribution in [2.24, 2.45) is 0 Å². The number of hydrogen-bond acceptors (Lipinski definition) is 15. The van der Waals surface area contributed by atoms with Crippen LogP contribution in [0.5, 0.6) is 0 Å². The summed E-state index contributed by atoms with van der Waals surface area (Å²) in [5.41, 5.74) is 0. The van der Waals surface area contributed by atoms with Gasteiger partial charge >= 0.3 is 39.5 Å². The summed E-state index contributed by atoms with van der Waals surface area (Å²) in [4.78, 5) is 72.4. The molecule has 17 nitrogen and oxygen atoms in total. The molecule has 0 aromatic carbocycles. The summed E-state index contributed by atoms with van der Waals surface area (Å²) in [6.45, 7) is 4.90. The number of carbonyl (C=O) groups excluding carboxylic acids is 4. The minimum absolute atomic E-state index is 0.105. The lowest BCUT2D eigenvalue weighted by Crippen LogP contribution is -2.30. The summed E-state index contributed by atoms with van der Waals surface area (Å²) in [6, 6.07) is 0. The van der Waals surface area contributed by atoms with Crippen LogP contribution in [-0.4, -0.2) is 96.7 Å². The lowest BCUT2D eigenvalue weighted by molar-refractivity contribution is -0.161. The zero-order chi connectivity index (χ0) is 66.1. The Hall–Kier alpha value is -1.94. The van der Waals surface area contributed by atoms with Crippen LogP contribution in [0.15, 0.2) is 0 Å². The van der Waals surface area contributed by atoms with Crippen LogP contribution in [0.4, 0.5) is 0 Å². The van der Waals surface area contributed by atoms with Crippen LogP contribution in [0.25, 0.3) is 0 Å². The molecule has 0 fully saturated rings. The molecular weight excluding hydrogens is 1190 g/mol. The molecule has 0 aromatic rings. The van der Waals surface area contributed by atoms with Crippen molar-refractivity contribution >= 4 is 39.5 Å². The number of hydrogen-bond donors (Lipinski definition) is 3. The van der Waals surface area contributed by atoms with Gasteiger partial charge in [0.1, 0.15) is 19.3 Å². The largest absolute Gasteiger partial charge is 0.472 e. The van der Waals surface area contributed by atoms with Gasteiger partial charge in [0.05, 0.1) is 26.4 Å². The molecule has 0 radical (unpaired) electrons. The van der Waals surface area contributed by atoms with Crippen LogP contribution >= 0.6 is 15.6 Å². The third kappa shape index (κ3) is 64.8. The first-order valence-electron chi connectivity index (χ1n) is 37.3.